The molecule has 4 nitrogen and oxygen atoms in total. The Kier molecular flexibility index (Phi) is 3.02. The number of nitrogens with one attached hydrogen (secondary N) is 1. The molecule has 2 heterocycles. The van der Waals surface area contributed by atoms with E-state index in [1.165, 1.54) is 0 Å². The Morgan fingerprint density at radius 3 is 2.93 bits per heavy atom. The highest BCUT2D eigenvalue weighted by Gasteiger charge is 2.45. The minimum atomic E-state index is -0.373. The van der Waals surface area contributed by atoms with Crippen LogP contribution in [0.5, 0.6) is 0 Å². The average Bonchev–Trinajstić information content (AvgIpc) is 2.66. The van der Waals surface area contributed by atoms with Gasteiger partial charge in [0.1, 0.15) is 0 Å². The van der Waals surface area contributed by atoms with Crippen LogP contribution in [-0.4, -0.2) is 32.1 Å². The molecule has 2 aliphatic heterocycles. The predicted octanol–water partition coefficient (Wildman–Crippen LogP) is 0.643. The van der Waals surface area contributed by atoms with E-state index in [-0.39, 0.29) is 5.79 Å². The number of ether oxygens (including phenoxy) is 2. The molecule has 0 aromatic carbocycles. The molecule has 0 bridgehead atoms. The summed E-state index contributed by atoms with van der Waals surface area (Å²) in [5.74, 6) is -0.0411. The van der Waals surface area contributed by atoms with Crippen LogP contribution in [0.3, 0.4) is 0 Å². The average molecular weight is 196 g/mol. The molecule has 1 N–H and O–H groups in total. The van der Waals surface area contributed by atoms with Crippen LogP contribution in [0.25, 0.3) is 0 Å². The van der Waals surface area contributed by atoms with E-state index in [0.29, 0.717) is 25.6 Å². The van der Waals surface area contributed by atoms with Crippen molar-refractivity contribution in [1.82, 2.24) is 5.32 Å². The van der Waals surface area contributed by atoms with Gasteiger partial charge >= 0.3 is 0 Å². The second-order valence-corrected chi connectivity index (χ2v) is 3.86. The Labute approximate surface area is 84.2 Å². The Morgan fingerprint density at radius 2 is 2.21 bits per heavy atom. The molecule has 0 aliphatic carbocycles. The number of nitrogens with zero attached hydrogens (tertiary/aromatic N) is 1. The van der Waals surface area contributed by atoms with E-state index in [1.54, 1.807) is 0 Å². The summed E-state index contributed by atoms with van der Waals surface area (Å²) in [4.78, 5) is 0. The van der Waals surface area contributed by atoms with Crippen LogP contribution in [0, 0.1) is 17.2 Å². The summed E-state index contributed by atoms with van der Waals surface area (Å²) in [6.07, 6.45) is 2.35. The number of nitriles is 1. The Hall–Kier alpha value is -0.630. The normalized spacial score (nSPS) is 30.4. The maximum absolute atomic E-state index is 8.58. The largest absolute Gasteiger partial charge is 0.347 e. The fourth-order valence-corrected chi connectivity index (χ4v) is 2.31. The highest BCUT2D eigenvalue weighted by atomic mass is 16.7. The van der Waals surface area contributed by atoms with Crippen molar-refractivity contribution in [3.63, 3.8) is 0 Å². The summed E-state index contributed by atoms with van der Waals surface area (Å²) in [5, 5.41) is 11.9. The molecule has 0 aromatic rings. The fourth-order valence-electron chi connectivity index (χ4n) is 2.31. The number of rotatable bonds is 2. The highest BCUT2D eigenvalue weighted by Crippen LogP contribution is 2.35. The predicted molar refractivity (Wildman–Crippen MR) is 50.5 cm³/mol. The molecule has 14 heavy (non-hydrogen) atoms. The van der Waals surface area contributed by atoms with Crippen molar-refractivity contribution in [3.8, 4) is 6.07 Å². The SMILES string of the molecule is N#CCCC1CNCCC12OCCO2. The quantitative estimate of drug-likeness (QED) is 0.704. The summed E-state index contributed by atoms with van der Waals surface area (Å²) in [7, 11) is 0. The summed E-state index contributed by atoms with van der Waals surface area (Å²) >= 11 is 0. The molecule has 4 heteroatoms. The monoisotopic (exact) mass is 196 g/mol. The Balaban J connectivity index is 2.00. The second-order valence-electron chi connectivity index (χ2n) is 3.86. The number of hydrogen-bond acceptors (Lipinski definition) is 4. The van der Waals surface area contributed by atoms with Crippen LogP contribution in [-0.2, 0) is 9.47 Å². The van der Waals surface area contributed by atoms with Crippen molar-refractivity contribution in [2.75, 3.05) is 26.3 Å². The van der Waals surface area contributed by atoms with Gasteiger partial charge in [0.05, 0.1) is 19.3 Å². The van der Waals surface area contributed by atoms with E-state index in [2.05, 4.69) is 11.4 Å². The van der Waals surface area contributed by atoms with Crippen LogP contribution in [0.15, 0.2) is 0 Å². The van der Waals surface area contributed by atoms with Crippen molar-refractivity contribution >= 4 is 0 Å². The lowest BCUT2D eigenvalue weighted by molar-refractivity contribution is -0.208. The van der Waals surface area contributed by atoms with Gasteiger partial charge in [0.25, 0.3) is 0 Å². The van der Waals surface area contributed by atoms with Crippen molar-refractivity contribution < 1.29 is 9.47 Å². The summed E-state index contributed by atoms with van der Waals surface area (Å²) in [6.45, 7) is 3.25. The molecule has 2 fully saturated rings. The van der Waals surface area contributed by atoms with Crippen LogP contribution >= 0.6 is 0 Å². The Bertz CT molecular complexity index is 231. The van der Waals surface area contributed by atoms with Gasteiger partial charge in [-0.05, 0) is 6.42 Å². The van der Waals surface area contributed by atoms with Gasteiger partial charge in [-0.1, -0.05) is 0 Å². The van der Waals surface area contributed by atoms with Crippen molar-refractivity contribution in [3.05, 3.63) is 0 Å². The first-order valence-electron chi connectivity index (χ1n) is 5.23. The zero-order valence-electron chi connectivity index (χ0n) is 8.29. The lowest BCUT2D eigenvalue weighted by Crippen LogP contribution is -2.51. The lowest BCUT2D eigenvalue weighted by atomic mass is 9.88. The first kappa shape index (κ1) is 9.91. The van der Waals surface area contributed by atoms with Gasteiger partial charge in [-0.15, -0.1) is 0 Å². The van der Waals surface area contributed by atoms with Crippen molar-refractivity contribution in [2.45, 2.75) is 25.0 Å². The topological polar surface area (TPSA) is 54.3 Å². The second kappa shape index (κ2) is 4.26. The molecule has 0 radical (unpaired) electrons. The van der Waals surface area contributed by atoms with E-state index in [1.807, 2.05) is 0 Å². The zero-order chi connectivity index (χ0) is 9.86. The van der Waals surface area contributed by atoms with E-state index >= 15 is 0 Å². The number of piperidine rings is 1. The zero-order valence-corrected chi connectivity index (χ0v) is 8.29. The maximum Gasteiger partial charge on any atom is 0.173 e. The third-order valence-corrected chi connectivity index (χ3v) is 3.04. The maximum atomic E-state index is 8.58. The van der Waals surface area contributed by atoms with Crippen LogP contribution < -0.4 is 5.32 Å². The lowest BCUT2D eigenvalue weighted by Gasteiger charge is -2.39. The first-order valence-corrected chi connectivity index (χ1v) is 5.23. The summed E-state index contributed by atoms with van der Waals surface area (Å²) < 4.78 is 11.4. The van der Waals surface area contributed by atoms with E-state index in [4.69, 9.17) is 14.7 Å². The van der Waals surface area contributed by atoms with Gasteiger partial charge in [-0.2, -0.15) is 5.26 Å². The molecule has 1 unspecified atom stereocenters. The van der Waals surface area contributed by atoms with Gasteiger partial charge in [-0.25, -0.2) is 0 Å². The molecule has 2 saturated heterocycles. The van der Waals surface area contributed by atoms with Crippen molar-refractivity contribution in [2.24, 2.45) is 5.92 Å². The molecule has 2 rings (SSSR count). The smallest absolute Gasteiger partial charge is 0.173 e. The minimum Gasteiger partial charge on any atom is -0.347 e. The van der Waals surface area contributed by atoms with Gasteiger partial charge in [0.15, 0.2) is 5.79 Å². The summed E-state index contributed by atoms with van der Waals surface area (Å²) in [5.41, 5.74) is 0. The van der Waals surface area contributed by atoms with Crippen LogP contribution in [0.4, 0.5) is 0 Å². The van der Waals surface area contributed by atoms with E-state index in [0.717, 1.165) is 25.9 Å². The third-order valence-electron chi connectivity index (χ3n) is 3.04. The molecule has 0 amide bonds. The molecule has 2 aliphatic rings. The van der Waals surface area contributed by atoms with E-state index < -0.39 is 0 Å². The number of hydrogen-bond donors (Lipinski definition) is 1. The Morgan fingerprint density at radius 1 is 1.43 bits per heavy atom. The molecule has 1 atom stereocenters. The minimum absolute atomic E-state index is 0.332. The summed E-state index contributed by atoms with van der Waals surface area (Å²) in [6, 6.07) is 2.18. The van der Waals surface area contributed by atoms with Gasteiger partial charge in [-0.3, -0.25) is 0 Å². The molecular formula is C10H16N2O2. The third kappa shape index (κ3) is 1.76. The first-order chi connectivity index (χ1) is 6.87. The van der Waals surface area contributed by atoms with Crippen LogP contribution in [0.2, 0.25) is 0 Å². The standard InChI is InChI=1S/C10H16N2O2/c11-4-1-2-9-8-12-5-3-10(9)13-6-7-14-10/h9,12H,1-3,5-8H2. The molecule has 0 saturated carbocycles. The van der Waals surface area contributed by atoms with Crippen molar-refractivity contribution in [1.29, 1.82) is 5.26 Å². The molecule has 78 valence electrons. The highest BCUT2D eigenvalue weighted by molar-refractivity contribution is 4.90. The fraction of sp³-hybridized carbons (Fsp3) is 0.900. The van der Waals surface area contributed by atoms with E-state index in [9.17, 15) is 0 Å². The molecular weight excluding hydrogens is 180 g/mol. The molecule has 0 aromatic heterocycles. The molecule has 1 spiro atoms. The van der Waals surface area contributed by atoms with Gasteiger partial charge in [0, 0.05) is 31.8 Å². The van der Waals surface area contributed by atoms with Gasteiger partial charge < -0.3 is 14.8 Å². The van der Waals surface area contributed by atoms with Gasteiger partial charge in [0.2, 0.25) is 0 Å². The van der Waals surface area contributed by atoms with Crippen LogP contribution in [0.1, 0.15) is 19.3 Å².